The van der Waals surface area contributed by atoms with Crippen molar-refractivity contribution in [1.82, 2.24) is 15.0 Å². The third-order valence-electron chi connectivity index (χ3n) is 10.2. The third kappa shape index (κ3) is 5.18. The predicted molar refractivity (Wildman–Crippen MR) is 218 cm³/mol. The molecule has 1 atom stereocenters. The van der Waals surface area contributed by atoms with Crippen molar-refractivity contribution in [2.75, 3.05) is 0 Å². The van der Waals surface area contributed by atoms with E-state index >= 15 is 0 Å². The summed E-state index contributed by atoms with van der Waals surface area (Å²) in [4.78, 5) is 20.3. The number of aromatic nitrogens is 3. The van der Waals surface area contributed by atoms with Crippen LogP contribution in [0.5, 0.6) is 0 Å². The Hall–Kier alpha value is -6.62. The zero-order valence-electron chi connectivity index (χ0n) is 28.8. The van der Waals surface area contributed by atoms with Crippen LogP contribution in [0.4, 0.5) is 0 Å². The molecule has 53 heavy (non-hydrogen) atoms. The van der Waals surface area contributed by atoms with Gasteiger partial charge in [0.05, 0.1) is 0 Å². The molecule has 1 aromatic heterocycles. The molecule has 0 bridgehead atoms. The van der Waals surface area contributed by atoms with E-state index in [1.165, 1.54) is 47.0 Å². The Morgan fingerprint density at radius 3 is 1.45 bits per heavy atom. The standard InChI is InChI=1S/C49H33N3S/c1-4-16-36(17-5-1)47-50-48(37-18-6-2-7-19-37)52-49(51-47)38-29-27-34(28-30-38)39-31-32-43-42-24-12-13-25-45(42)53(46(43)33-39,40-21-8-3-9-22-40)44-26-14-20-35-15-10-11-23-41(35)44/h1-33H. The molecule has 4 heteroatoms. The van der Waals surface area contributed by atoms with Crippen LogP contribution in [0.2, 0.25) is 0 Å². The summed E-state index contributed by atoms with van der Waals surface area (Å²) in [5.74, 6) is 1.97. The van der Waals surface area contributed by atoms with Crippen LogP contribution in [0.15, 0.2) is 220 Å². The van der Waals surface area contributed by atoms with Gasteiger partial charge in [0.2, 0.25) is 0 Å². The molecular weight excluding hydrogens is 663 g/mol. The lowest BCUT2D eigenvalue weighted by atomic mass is 9.99. The molecule has 9 aromatic rings. The average molecular weight is 696 g/mol. The molecule has 0 saturated heterocycles. The van der Waals surface area contributed by atoms with Gasteiger partial charge in [0.25, 0.3) is 0 Å². The first-order valence-corrected chi connectivity index (χ1v) is 19.5. The van der Waals surface area contributed by atoms with Crippen molar-refractivity contribution < 1.29 is 0 Å². The molecule has 0 aliphatic carbocycles. The van der Waals surface area contributed by atoms with Crippen LogP contribution in [0, 0.1) is 0 Å². The Bertz CT molecular complexity index is 2700. The molecule has 250 valence electrons. The van der Waals surface area contributed by atoms with Crippen LogP contribution >= 0.6 is 10.0 Å². The van der Waals surface area contributed by atoms with Crippen LogP contribution in [0.3, 0.4) is 0 Å². The minimum absolute atomic E-state index is 0.650. The summed E-state index contributed by atoms with van der Waals surface area (Å²) >= 11 is 0. The Kier molecular flexibility index (Phi) is 7.55. The van der Waals surface area contributed by atoms with Gasteiger partial charge in [-0.3, -0.25) is 0 Å². The van der Waals surface area contributed by atoms with E-state index in [2.05, 4.69) is 140 Å². The third-order valence-corrected chi connectivity index (χ3v) is 14.2. The van der Waals surface area contributed by atoms with E-state index in [0.29, 0.717) is 17.5 Å². The van der Waals surface area contributed by atoms with E-state index in [4.69, 9.17) is 15.0 Å². The highest BCUT2D eigenvalue weighted by molar-refractivity contribution is 8.34. The molecule has 0 saturated carbocycles. The second-order valence-electron chi connectivity index (χ2n) is 13.2. The zero-order valence-corrected chi connectivity index (χ0v) is 29.6. The van der Waals surface area contributed by atoms with Crippen molar-refractivity contribution in [3.05, 3.63) is 200 Å². The molecular formula is C49H33N3S. The van der Waals surface area contributed by atoms with Gasteiger partial charge < -0.3 is 0 Å². The van der Waals surface area contributed by atoms with Gasteiger partial charge in [-0.05, 0) is 63.4 Å². The first-order chi connectivity index (χ1) is 26.3. The van der Waals surface area contributed by atoms with E-state index in [-0.39, 0.29) is 0 Å². The fourth-order valence-corrected chi connectivity index (χ4v) is 12.1. The summed E-state index contributed by atoms with van der Waals surface area (Å²) in [6, 6.07) is 71.8. The topological polar surface area (TPSA) is 38.7 Å². The molecule has 1 aliphatic heterocycles. The minimum Gasteiger partial charge on any atom is -0.208 e. The summed E-state index contributed by atoms with van der Waals surface area (Å²) in [5.41, 5.74) is 7.81. The van der Waals surface area contributed by atoms with E-state index in [9.17, 15) is 0 Å². The number of benzene rings is 8. The molecule has 0 amide bonds. The lowest BCUT2D eigenvalue weighted by Crippen LogP contribution is -2.03. The molecule has 10 rings (SSSR count). The van der Waals surface area contributed by atoms with Gasteiger partial charge in [-0.15, -0.1) is 10.0 Å². The van der Waals surface area contributed by atoms with E-state index in [0.717, 1.165) is 22.3 Å². The average Bonchev–Trinajstić information content (AvgIpc) is 3.54. The number of rotatable bonds is 6. The fraction of sp³-hybridized carbons (Fsp3) is 0. The Labute approximate surface area is 310 Å². The molecule has 0 fully saturated rings. The quantitative estimate of drug-likeness (QED) is 0.174. The Morgan fingerprint density at radius 1 is 0.302 bits per heavy atom. The largest absolute Gasteiger partial charge is 0.208 e. The molecule has 0 radical (unpaired) electrons. The summed E-state index contributed by atoms with van der Waals surface area (Å²) < 4.78 is 0. The van der Waals surface area contributed by atoms with Gasteiger partial charge in [-0.2, -0.15) is 0 Å². The maximum absolute atomic E-state index is 4.96. The highest BCUT2D eigenvalue weighted by atomic mass is 32.3. The molecule has 0 N–H and O–H groups in total. The highest BCUT2D eigenvalue weighted by Gasteiger charge is 2.42. The summed E-state index contributed by atoms with van der Waals surface area (Å²) in [6.07, 6.45) is 0. The van der Waals surface area contributed by atoms with Gasteiger partial charge in [0.1, 0.15) is 0 Å². The van der Waals surface area contributed by atoms with E-state index < -0.39 is 10.0 Å². The Morgan fingerprint density at radius 2 is 0.774 bits per heavy atom. The van der Waals surface area contributed by atoms with E-state index in [1.54, 1.807) is 0 Å². The second-order valence-corrected chi connectivity index (χ2v) is 16.2. The molecule has 1 unspecified atom stereocenters. The van der Waals surface area contributed by atoms with Crippen molar-refractivity contribution >= 4 is 20.8 Å². The number of hydrogen-bond donors (Lipinski definition) is 0. The predicted octanol–water partition coefficient (Wildman–Crippen LogP) is 13.0. The van der Waals surface area contributed by atoms with Crippen LogP contribution in [-0.4, -0.2) is 15.0 Å². The molecule has 3 nitrogen and oxygen atoms in total. The fourth-order valence-electron chi connectivity index (χ4n) is 7.71. The smallest absolute Gasteiger partial charge is 0.164 e. The van der Waals surface area contributed by atoms with Crippen LogP contribution < -0.4 is 0 Å². The number of fused-ring (bicyclic) bond motifs is 4. The highest BCUT2D eigenvalue weighted by Crippen LogP contribution is 2.80. The summed E-state index contributed by atoms with van der Waals surface area (Å²) in [7, 11) is -1.83. The molecule has 2 heterocycles. The Balaban J connectivity index is 1.13. The molecule has 8 aromatic carbocycles. The van der Waals surface area contributed by atoms with Crippen LogP contribution in [-0.2, 0) is 0 Å². The lowest BCUT2D eigenvalue weighted by molar-refractivity contribution is 1.07. The van der Waals surface area contributed by atoms with Crippen molar-refractivity contribution in [2.45, 2.75) is 19.6 Å². The maximum atomic E-state index is 4.96. The van der Waals surface area contributed by atoms with E-state index in [1.807, 2.05) is 60.7 Å². The van der Waals surface area contributed by atoms with Crippen molar-refractivity contribution in [1.29, 1.82) is 0 Å². The van der Waals surface area contributed by atoms with Crippen LogP contribution in [0.25, 0.3) is 67.2 Å². The lowest BCUT2D eigenvalue weighted by Gasteiger charge is -2.40. The monoisotopic (exact) mass is 695 g/mol. The normalized spacial score (nSPS) is 15.7. The van der Waals surface area contributed by atoms with Crippen LogP contribution in [0.1, 0.15) is 0 Å². The summed E-state index contributed by atoms with van der Waals surface area (Å²) in [5, 5.41) is 2.56. The van der Waals surface area contributed by atoms with Crippen molar-refractivity contribution in [3.63, 3.8) is 0 Å². The first kappa shape index (κ1) is 31.1. The number of hydrogen-bond acceptors (Lipinski definition) is 3. The maximum Gasteiger partial charge on any atom is 0.164 e. The zero-order chi connectivity index (χ0) is 35.2. The molecule has 1 aliphatic rings. The SMILES string of the molecule is c1ccc(-c2nc(-c3ccccc3)nc(-c3ccc(-c4ccc5c(c4)S(c4ccccc4)(c4cccc6ccccc46)c4ccccc4-5)cc3)n2)cc1. The van der Waals surface area contributed by atoms with Gasteiger partial charge in [0, 0.05) is 36.3 Å². The van der Waals surface area contributed by atoms with Gasteiger partial charge >= 0.3 is 0 Å². The molecule has 0 spiro atoms. The second kappa shape index (κ2) is 12.9. The van der Waals surface area contributed by atoms with Crippen molar-refractivity contribution in [2.24, 2.45) is 0 Å². The van der Waals surface area contributed by atoms with Gasteiger partial charge in [0.15, 0.2) is 17.5 Å². The summed E-state index contributed by atoms with van der Waals surface area (Å²) in [6.45, 7) is 0. The first-order valence-electron chi connectivity index (χ1n) is 17.8. The van der Waals surface area contributed by atoms with Gasteiger partial charge in [-0.1, -0.05) is 170 Å². The minimum atomic E-state index is -1.83. The number of nitrogens with zero attached hydrogens (tertiary/aromatic N) is 3. The van der Waals surface area contributed by atoms with Gasteiger partial charge in [-0.25, -0.2) is 15.0 Å². The van der Waals surface area contributed by atoms with Crippen molar-refractivity contribution in [3.8, 4) is 56.4 Å².